The summed E-state index contributed by atoms with van der Waals surface area (Å²) in [6, 6.07) is 1.53. The standard InChI is InChI=1S/C11H15ClN2O4/c1-6(2)14-5-7(12)3-8(14)10(16)13-4-9(15)11(17)18/h3,5-6,9,15H,4H2,1-2H3,(H,13,16)(H,17,18)/t9-/m0/s1. The molecule has 7 heteroatoms. The number of aliphatic hydroxyl groups is 1. The van der Waals surface area contributed by atoms with E-state index in [2.05, 4.69) is 5.32 Å². The zero-order valence-electron chi connectivity index (χ0n) is 10.1. The summed E-state index contributed by atoms with van der Waals surface area (Å²) in [5.74, 6) is -1.86. The fourth-order valence-electron chi connectivity index (χ4n) is 1.42. The van der Waals surface area contributed by atoms with E-state index in [-0.39, 0.29) is 12.6 Å². The van der Waals surface area contributed by atoms with Gasteiger partial charge in [0.1, 0.15) is 5.69 Å². The van der Waals surface area contributed by atoms with Crippen LogP contribution in [0.5, 0.6) is 0 Å². The van der Waals surface area contributed by atoms with Crippen molar-refractivity contribution in [2.75, 3.05) is 6.54 Å². The van der Waals surface area contributed by atoms with E-state index in [0.29, 0.717) is 10.7 Å². The first-order valence-electron chi connectivity index (χ1n) is 5.39. The molecule has 1 amide bonds. The predicted molar refractivity (Wildman–Crippen MR) is 65.8 cm³/mol. The van der Waals surface area contributed by atoms with Gasteiger partial charge in [0, 0.05) is 12.2 Å². The lowest BCUT2D eigenvalue weighted by Crippen LogP contribution is -2.37. The number of carbonyl (C=O) groups excluding carboxylic acids is 1. The highest BCUT2D eigenvalue weighted by atomic mass is 35.5. The monoisotopic (exact) mass is 274 g/mol. The molecule has 0 aliphatic rings. The van der Waals surface area contributed by atoms with Crippen molar-refractivity contribution in [3.8, 4) is 0 Å². The molecule has 0 saturated carbocycles. The van der Waals surface area contributed by atoms with E-state index in [4.69, 9.17) is 21.8 Å². The number of amides is 1. The Morgan fingerprint density at radius 2 is 2.11 bits per heavy atom. The number of halogens is 1. The Morgan fingerprint density at radius 1 is 1.50 bits per heavy atom. The van der Waals surface area contributed by atoms with Crippen LogP contribution in [-0.4, -0.2) is 39.3 Å². The van der Waals surface area contributed by atoms with Gasteiger partial charge in [-0.2, -0.15) is 0 Å². The Balaban J connectivity index is 2.75. The molecule has 1 aromatic rings. The van der Waals surface area contributed by atoms with Gasteiger partial charge in [0.2, 0.25) is 0 Å². The summed E-state index contributed by atoms with van der Waals surface area (Å²) >= 11 is 5.82. The summed E-state index contributed by atoms with van der Waals surface area (Å²) in [7, 11) is 0. The van der Waals surface area contributed by atoms with Gasteiger partial charge in [-0.05, 0) is 19.9 Å². The molecular weight excluding hydrogens is 260 g/mol. The molecule has 0 fully saturated rings. The van der Waals surface area contributed by atoms with Crippen LogP contribution in [0.3, 0.4) is 0 Å². The van der Waals surface area contributed by atoms with Crippen molar-refractivity contribution in [1.82, 2.24) is 9.88 Å². The van der Waals surface area contributed by atoms with Gasteiger partial charge in [-0.1, -0.05) is 11.6 Å². The second-order valence-corrected chi connectivity index (χ2v) is 4.55. The number of aliphatic hydroxyl groups excluding tert-OH is 1. The van der Waals surface area contributed by atoms with Crippen LogP contribution in [0.15, 0.2) is 12.3 Å². The van der Waals surface area contributed by atoms with Gasteiger partial charge in [0.25, 0.3) is 5.91 Å². The Labute approximate surface area is 109 Å². The molecule has 18 heavy (non-hydrogen) atoms. The number of carboxylic acid groups (broad SMARTS) is 1. The van der Waals surface area contributed by atoms with Crippen molar-refractivity contribution in [3.05, 3.63) is 23.0 Å². The molecule has 0 spiro atoms. The molecule has 3 N–H and O–H groups in total. The van der Waals surface area contributed by atoms with Crippen molar-refractivity contribution >= 4 is 23.5 Å². The number of nitrogens with zero attached hydrogens (tertiary/aromatic N) is 1. The zero-order valence-corrected chi connectivity index (χ0v) is 10.8. The van der Waals surface area contributed by atoms with Gasteiger partial charge in [-0.3, -0.25) is 4.79 Å². The molecule has 1 atom stereocenters. The topological polar surface area (TPSA) is 91.6 Å². The average molecular weight is 275 g/mol. The second-order valence-electron chi connectivity index (χ2n) is 4.11. The Morgan fingerprint density at radius 3 is 2.61 bits per heavy atom. The van der Waals surface area contributed by atoms with E-state index in [0.717, 1.165) is 0 Å². The van der Waals surface area contributed by atoms with E-state index in [1.807, 2.05) is 13.8 Å². The number of carboxylic acids is 1. The average Bonchev–Trinajstić information content (AvgIpc) is 2.67. The third-order valence-electron chi connectivity index (χ3n) is 2.35. The first-order chi connectivity index (χ1) is 8.32. The van der Waals surface area contributed by atoms with E-state index in [1.165, 1.54) is 6.07 Å². The minimum Gasteiger partial charge on any atom is -0.479 e. The van der Waals surface area contributed by atoms with Crippen LogP contribution < -0.4 is 5.32 Å². The summed E-state index contributed by atoms with van der Waals surface area (Å²) in [6.07, 6.45) is 0.00118. The van der Waals surface area contributed by atoms with Gasteiger partial charge in [0.05, 0.1) is 11.6 Å². The van der Waals surface area contributed by atoms with Crippen LogP contribution in [0.25, 0.3) is 0 Å². The summed E-state index contributed by atoms with van der Waals surface area (Å²) in [5.41, 5.74) is 0.326. The summed E-state index contributed by atoms with van der Waals surface area (Å²) in [5, 5.41) is 20.3. The number of nitrogens with one attached hydrogen (secondary N) is 1. The summed E-state index contributed by atoms with van der Waals surface area (Å²) in [6.45, 7) is 3.42. The lowest BCUT2D eigenvalue weighted by molar-refractivity contribution is -0.146. The fourth-order valence-corrected chi connectivity index (χ4v) is 1.63. The molecule has 0 bridgehead atoms. The first-order valence-corrected chi connectivity index (χ1v) is 5.77. The molecule has 1 aromatic heterocycles. The number of aromatic nitrogens is 1. The highest BCUT2D eigenvalue weighted by molar-refractivity contribution is 6.31. The molecule has 100 valence electrons. The third-order valence-corrected chi connectivity index (χ3v) is 2.55. The third kappa shape index (κ3) is 3.48. The highest BCUT2D eigenvalue weighted by Gasteiger charge is 2.18. The van der Waals surface area contributed by atoms with Crippen LogP contribution >= 0.6 is 11.6 Å². The molecule has 0 unspecified atom stereocenters. The maximum absolute atomic E-state index is 11.8. The van der Waals surface area contributed by atoms with Crippen molar-refractivity contribution < 1.29 is 19.8 Å². The van der Waals surface area contributed by atoms with Crippen LogP contribution in [0.2, 0.25) is 5.02 Å². The van der Waals surface area contributed by atoms with Gasteiger partial charge in [0.15, 0.2) is 6.10 Å². The minimum absolute atomic E-state index is 0.0441. The Bertz CT molecular complexity index is 456. The van der Waals surface area contributed by atoms with Crippen LogP contribution in [0, 0.1) is 0 Å². The van der Waals surface area contributed by atoms with Crippen LogP contribution in [0.4, 0.5) is 0 Å². The normalized spacial score (nSPS) is 12.5. The maximum Gasteiger partial charge on any atom is 0.334 e. The van der Waals surface area contributed by atoms with Crippen molar-refractivity contribution in [2.45, 2.75) is 26.0 Å². The van der Waals surface area contributed by atoms with Crippen molar-refractivity contribution in [3.63, 3.8) is 0 Å². The van der Waals surface area contributed by atoms with E-state index >= 15 is 0 Å². The van der Waals surface area contributed by atoms with Crippen molar-refractivity contribution in [1.29, 1.82) is 0 Å². The minimum atomic E-state index is -1.62. The number of hydrogen-bond acceptors (Lipinski definition) is 3. The highest BCUT2D eigenvalue weighted by Crippen LogP contribution is 2.18. The predicted octanol–water partition coefficient (Wildman–Crippen LogP) is 0.898. The van der Waals surface area contributed by atoms with Gasteiger partial charge < -0.3 is 20.1 Å². The summed E-state index contributed by atoms with van der Waals surface area (Å²) < 4.78 is 1.67. The van der Waals surface area contributed by atoms with Crippen LogP contribution in [0.1, 0.15) is 30.4 Å². The number of hydrogen-bond donors (Lipinski definition) is 3. The lowest BCUT2D eigenvalue weighted by atomic mass is 10.3. The molecule has 1 heterocycles. The summed E-state index contributed by atoms with van der Waals surface area (Å²) in [4.78, 5) is 22.2. The van der Waals surface area contributed by atoms with E-state index in [1.54, 1.807) is 10.8 Å². The smallest absolute Gasteiger partial charge is 0.334 e. The Kier molecular flexibility index (Phi) is 4.75. The Hall–Kier alpha value is -1.53. The van der Waals surface area contributed by atoms with Crippen molar-refractivity contribution in [2.24, 2.45) is 0 Å². The molecule has 6 nitrogen and oxygen atoms in total. The quantitative estimate of drug-likeness (QED) is 0.744. The molecule has 0 radical (unpaired) electrons. The molecule has 0 aliphatic heterocycles. The van der Waals surface area contributed by atoms with Gasteiger partial charge in [-0.15, -0.1) is 0 Å². The molecule has 1 rings (SSSR count). The second kappa shape index (κ2) is 5.88. The molecule has 0 aliphatic carbocycles. The molecule has 0 saturated heterocycles. The first kappa shape index (κ1) is 14.5. The number of aliphatic carboxylic acids is 1. The molecular formula is C11H15ClN2O4. The van der Waals surface area contributed by atoms with Gasteiger partial charge >= 0.3 is 5.97 Å². The van der Waals surface area contributed by atoms with E-state index in [9.17, 15) is 9.59 Å². The number of carbonyl (C=O) groups is 2. The maximum atomic E-state index is 11.8. The van der Waals surface area contributed by atoms with Gasteiger partial charge in [-0.25, -0.2) is 4.79 Å². The van der Waals surface area contributed by atoms with Crippen LogP contribution in [-0.2, 0) is 4.79 Å². The lowest BCUT2D eigenvalue weighted by Gasteiger charge is -2.13. The van der Waals surface area contributed by atoms with E-state index < -0.39 is 18.0 Å². The fraction of sp³-hybridized carbons (Fsp3) is 0.455. The zero-order chi connectivity index (χ0) is 13.9. The SMILES string of the molecule is CC(C)n1cc(Cl)cc1C(=O)NC[C@H](O)C(=O)O. The molecule has 0 aromatic carbocycles. The number of rotatable bonds is 5. The largest absolute Gasteiger partial charge is 0.479 e.